The Bertz CT molecular complexity index is 830. The molecule has 0 spiro atoms. The highest BCUT2D eigenvalue weighted by Crippen LogP contribution is 2.36. The Morgan fingerprint density at radius 2 is 1.25 bits per heavy atom. The van der Waals surface area contributed by atoms with Gasteiger partial charge in [-0.3, -0.25) is 4.98 Å². The quantitative estimate of drug-likeness (QED) is 0.337. The van der Waals surface area contributed by atoms with Gasteiger partial charge in [-0.15, -0.1) is 0 Å². The summed E-state index contributed by atoms with van der Waals surface area (Å²) in [5.41, 5.74) is 0.921. The smallest absolute Gasteiger partial charge is 0.154 e. The number of hydrogen-bond acceptors (Lipinski definition) is 2. The first-order valence-electron chi connectivity index (χ1n) is 9.76. The van der Waals surface area contributed by atoms with Crippen molar-refractivity contribution >= 4 is 24.5 Å². The number of nitrogens with zero attached hydrogens (tertiary/aromatic N) is 3. The lowest BCUT2D eigenvalue weighted by Crippen LogP contribution is -2.43. The van der Waals surface area contributed by atoms with Crippen LogP contribution in [0.25, 0.3) is 0 Å². The Hall–Kier alpha value is -2.51. The van der Waals surface area contributed by atoms with Gasteiger partial charge in [0.25, 0.3) is 0 Å². The van der Waals surface area contributed by atoms with Crippen molar-refractivity contribution in [3.05, 3.63) is 90.8 Å². The zero-order chi connectivity index (χ0) is 19.9. The zero-order valence-corrected chi connectivity index (χ0v) is 17.9. The summed E-state index contributed by atoms with van der Waals surface area (Å²) in [5, 5.41) is 2.48. The molecule has 0 aliphatic heterocycles. The van der Waals surface area contributed by atoms with E-state index in [0.29, 0.717) is 12.1 Å². The van der Waals surface area contributed by atoms with Crippen LogP contribution in [0.15, 0.2) is 89.8 Å². The first-order chi connectivity index (χ1) is 13.6. The highest BCUT2D eigenvalue weighted by atomic mass is 31.1. The SMILES string of the molecule is CC(C)N(/C(=N/P(c1ccccc1)c1ccccc1)c1ccccn1)C(C)C. The molecule has 0 fully saturated rings. The molecule has 1 aromatic heterocycles. The molecule has 0 saturated carbocycles. The number of pyridine rings is 1. The van der Waals surface area contributed by atoms with Gasteiger partial charge in [-0.1, -0.05) is 66.7 Å². The summed E-state index contributed by atoms with van der Waals surface area (Å²) in [6, 6.07) is 27.9. The Morgan fingerprint density at radius 1 is 0.750 bits per heavy atom. The molecule has 0 atom stereocenters. The molecule has 1 heterocycles. The molecule has 28 heavy (non-hydrogen) atoms. The van der Waals surface area contributed by atoms with Crippen LogP contribution in [0, 0.1) is 0 Å². The van der Waals surface area contributed by atoms with E-state index < -0.39 is 8.07 Å². The van der Waals surface area contributed by atoms with Gasteiger partial charge in [0.15, 0.2) is 5.84 Å². The van der Waals surface area contributed by atoms with E-state index in [1.54, 1.807) is 0 Å². The molecular formula is C24H28N3P. The highest BCUT2D eigenvalue weighted by Gasteiger charge is 2.23. The monoisotopic (exact) mass is 389 g/mol. The van der Waals surface area contributed by atoms with Crippen LogP contribution in [-0.4, -0.2) is 27.8 Å². The van der Waals surface area contributed by atoms with E-state index in [4.69, 9.17) is 4.76 Å². The molecule has 0 saturated heterocycles. The van der Waals surface area contributed by atoms with Crippen molar-refractivity contribution in [1.29, 1.82) is 0 Å². The molecule has 0 aliphatic carbocycles. The molecule has 0 bridgehead atoms. The summed E-state index contributed by atoms with van der Waals surface area (Å²) in [6.45, 7) is 8.86. The summed E-state index contributed by atoms with van der Waals surface area (Å²) in [7, 11) is -0.890. The largest absolute Gasteiger partial charge is 0.350 e. The van der Waals surface area contributed by atoms with Crippen LogP contribution in [0.4, 0.5) is 0 Å². The molecule has 4 heteroatoms. The highest BCUT2D eigenvalue weighted by molar-refractivity contribution is 7.72. The minimum absolute atomic E-state index is 0.323. The van der Waals surface area contributed by atoms with E-state index >= 15 is 0 Å². The predicted octanol–water partition coefficient (Wildman–Crippen LogP) is 4.99. The maximum absolute atomic E-state index is 5.37. The van der Waals surface area contributed by atoms with Crippen LogP contribution in [0.2, 0.25) is 0 Å². The van der Waals surface area contributed by atoms with E-state index in [1.165, 1.54) is 10.6 Å². The first-order valence-corrected chi connectivity index (χ1v) is 11.1. The topological polar surface area (TPSA) is 28.5 Å². The van der Waals surface area contributed by atoms with E-state index in [1.807, 2.05) is 18.3 Å². The molecule has 0 amide bonds. The number of aromatic nitrogens is 1. The normalized spacial score (nSPS) is 12.0. The van der Waals surface area contributed by atoms with Crippen molar-refractivity contribution < 1.29 is 0 Å². The summed E-state index contributed by atoms with van der Waals surface area (Å²) in [6.07, 6.45) is 1.84. The fourth-order valence-corrected chi connectivity index (χ4v) is 5.15. The van der Waals surface area contributed by atoms with E-state index in [2.05, 4.69) is 104 Å². The van der Waals surface area contributed by atoms with Crippen molar-refractivity contribution in [1.82, 2.24) is 9.88 Å². The Kier molecular flexibility index (Phi) is 6.95. The molecule has 3 rings (SSSR count). The van der Waals surface area contributed by atoms with Crippen molar-refractivity contribution in [2.75, 3.05) is 0 Å². The molecule has 0 aliphatic rings. The van der Waals surface area contributed by atoms with Crippen molar-refractivity contribution in [3.8, 4) is 0 Å². The van der Waals surface area contributed by atoms with Crippen molar-refractivity contribution in [3.63, 3.8) is 0 Å². The van der Waals surface area contributed by atoms with Crippen LogP contribution in [0.1, 0.15) is 33.4 Å². The summed E-state index contributed by atoms with van der Waals surface area (Å²) >= 11 is 0. The van der Waals surface area contributed by atoms with Crippen LogP contribution in [0.3, 0.4) is 0 Å². The van der Waals surface area contributed by atoms with Crippen LogP contribution in [-0.2, 0) is 0 Å². The molecular weight excluding hydrogens is 361 g/mol. The fraction of sp³-hybridized carbons (Fsp3) is 0.250. The maximum Gasteiger partial charge on any atom is 0.154 e. The minimum Gasteiger partial charge on any atom is -0.350 e. The first kappa shape index (κ1) is 20.2. The fourth-order valence-electron chi connectivity index (χ4n) is 3.31. The summed E-state index contributed by atoms with van der Waals surface area (Å²) in [5.74, 6) is 0.962. The molecule has 0 radical (unpaired) electrons. The molecule has 144 valence electrons. The molecule has 3 aromatic rings. The zero-order valence-electron chi connectivity index (χ0n) is 17.0. The van der Waals surface area contributed by atoms with Gasteiger partial charge in [0, 0.05) is 28.9 Å². The summed E-state index contributed by atoms with van der Waals surface area (Å²) in [4.78, 5) is 7.01. The van der Waals surface area contributed by atoms with Crippen LogP contribution >= 0.6 is 8.07 Å². The Balaban J connectivity index is 2.19. The number of hydrogen-bond donors (Lipinski definition) is 0. The lowest BCUT2D eigenvalue weighted by Gasteiger charge is -2.34. The van der Waals surface area contributed by atoms with E-state index in [9.17, 15) is 0 Å². The average Bonchev–Trinajstić information content (AvgIpc) is 2.72. The second-order valence-electron chi connectivity index (χ2n) is 7.22. The third-order valence-corrected chi connectivity index (χ3v) is 6.41. The second-order valence-corrected chi connectivity index (χ2v) is 9.07. The number of rotatable bonds is 6. The molecule has 0 unspecified atom stereocenters. The van der Waals surface area contributed by atoms with Crippen molar-refractivity contribution in [2.24, 2.45) is 4.76 Å². The lowest BCUT2D eigenvalue weighted by molar-refractivity contribution is 0.292. The van der Waals surface area contributed by atoms with Gasteiger partial charge in [0.05, 0.1) is 8.07 Å². The van der Waals surface area contributed by atoms with Crippen LogP contribution < -0.4 is 10.6 Å². The van der Waals surface area contributed by atoms with Gasteiger partial charge in [0.2, 0.25) is 0 Å². The van der Waals surface area contributed by atoms with Gasteiger partial charge < -0.3 is 4.90 Å². The lowest BCUT2D eigenvalue weighted by atomic mass is 10.2. The molecule has 3 nitrogen and oxygen atoms in total. The second kappa shape index (κ2) is 9.61. The third kappa shape index (κ3) is 4.85. The van der Waals surface area contributed by atoms with Crippen LogP contribution in [0.5, 0.6) is 0 Å². The Morgan fingerprint density at radius 3 is 1.68 bits per heavy atom. The molecule has 0 N–H and O–H groups in total. The van der Waals surface area contributed by atoms with Crippen molar-refractivity contribution in [2.45, 2.75) is 39.8 Å². The molecule has 2 aromatic carbocycles. The van der Waals surface area contributed by atoms with Gasteiger partial charge in [-0.05, 0) is 39.8 Å². The minimum atomic E-state index is -0.890. The predicted molar refractivity (Wildman–Crippen MR) is 122 cm³/mol. The van der Waals surface area contributed by atoms with E-state index in [0.717, 1.165) is 11.5 Å². The van der Waals surface area contributed by atoms with Gasteiger partial charge in [0.1, 0.15) is 5.69 Å². The standard InChI is InChI=1S/C24H28N3P/c1-19(2)27(20(3)4)24(23-17-11-12-18-25-23)26-28(21-13-7-5-8-14-21)22-15-9-6-10-16-22/h5-20H,1-4H3/b26-24+. The average molecular weight is 389 g/mol. The number of benzene rings is 2. The number of amidine groups is 1. The Labute approximate surface area is 170 Å². The van der Waals surface area contributed by atoms with Gasteiger partial charge in [-0.25, -0.2) is 4.76 Å². The maximum atomic E-state index is 5.37. The van der Waals surface area contributed by atoms with Gasteiger partial charge >= 0.3 is 0 Å². The van der Waals surface area contributed by atoms with E-state index in [-0.39, 0.29) is 0 Å². The summed E-state index contributed by atoms with van der Waals surface area (Å²) < 4.78 is 5.37. The van der Waals surface area contributed by atoms with Gasteiger partial charge in [-0.2, -0.15) is 0 Å². The third-order valence-electron chi connectivity index (χ3n) is 4.45.